The number of fused-ring (bicyclic) bond motifs is 2. The smallest absolute Gasteiger partial charge is 0.335 e. The lowest BCUT2D eigenvalue weighted by Crippen LogP contribution is -2.39. The van der Waals surface area contributed by atoms with E-state index in [1.165, 1.54) is 27.8 Å². The van der Waals surface area contributed by atoms with Crippen molar-refractivity contribution in [3.63, 3.8) is 0 Å². The Morgan fingerprint density at radius 3 is 1.71 bits per heavy atom. The zero-order chi connectivity index (χ0) is 33.2. The van der Waals surface area contributed by atoms with Crippen LogP contribution in [0.25, 0.3) is 54.2 Å². The first-order valence-corrected chi connectivity index (χ1v) is 16.0. The number of aliphatic imine (C=N–C) groups is 1. The molecule has 0 bridgehead atoms. The van der Waals surface area contributed by atoms with Gasteiger partial charge in [-0.05, 0) is 96.4 Å². The number of carboxylic acids is 1. The molecule has 0 aliphatic carbocycles. The molecule has 8 aromatic rings. The monoisotopic (exact) mass is 634 g/mol. The number of carbonyl (C=O) groups excluding carboxylic acids is 2. The quantitative estimate of drug-likeness (QED) is 0.0854. The summed E-state index contributed by atoms with van der Waals surface area (Å²) in [7, 11) is 0. The molecule has 0 radical (unpaired) electrons. The molecule has 1 aliphatic heterocycles. The molecule has 6 nitrogen and oxygen atoms in total. The van der Waals surface area contributed by atoms with Crippen LogP contribution in [-0.4, -0.2) is 34.0 Å². The van der Waals surface area contributed by atoms with Gasteiger partial charge < -0.3 is 5.11 Å². The van der Waals surface area contributed by atoms with Gasteiger partial charge in [-0.15, -0.1) is 0 Å². The Morgan fingerprint density at radius 1 is 0.592 bits per heavy atom. The van der Waals surface area contributed by atoms with E-state index < -0.39 is 5.97 Å². The molecule has 9 rings (SSSR count). The Balaban J connectivity index is 0.976. The number of imide groups is 1. The van der Waals surface area contributed by atoms with Gasteiger partial charge >= 0.3 is 5.97 Å². The molecule has 6 heteroatoms. The van der Waals surface area contributed by atoms with Crippen LogP contribution in [0.5, 0.6) is 0 Å². The SMILES string of the molecule is O=C(O)c1ccc(N=Cc2ccc(-c3ccc(CN4C(=O)c5ccc6c7cccc8cccc(c9ccc(c5c69)C4=O)c87)cc3)cc2)cc1. The van der Waals surface area contributed by atoms with Gasteiger partial charge in [-0.3, -0.25) is 19.5 Å². The predicted molar refractivity (Wildman–Crippen MR) is 194 cm³/mol. The second kappa shape index (κ2) is 11.0. The zero-order valence-electron chi connectivity index (χ0n) is 26.1. The van der Waals surface area contributed by atoms with Crippen molar-refractivity contribution in [2.24, 2.45) is 4.99 Å². The summed E-state index contributed by atoms with van der Waals surface area (Å²) in [5.41, 5.74) is 5.79. The minimum absolute atomic E-state index is 0.174. The molecule has 8 aromatic carbocycles. The third kappa shape index (κ3) is 4.57. The molecule has 1 aliphatic rings. The van der Waals surface area contributed by atoms with E-state index in [9.17, 15) is 14.4 Å². The zero-order valence-corrected chi connectivity index (χ0v) is 26.1. The van der Waals surface area contributed by atoms with Crippen molar-refractivity contribution in [2.45, 2.75) is 6.54 Å². The van der Waals surface area contributed by atoms with Crippen molar-refractivity contribution < 1.29 is 19.5 Å². The molecule has 49 heavy (non-hydrogen) atoms. The number of benzene rings is 8. The Bertz CT molecular complexity index is 2570. The van der Waals surface area contributed by atoms with E-state index in [1.54, 1.807) is 18.3 Å². The number of nitrogens with zero attached hydrogens (tertiary/aromatic N) is 2. The fourth-order valence-electron chi connectivity index (χ4n) is 7.20. The van der Waals surface area contributed by atoms with Crippen molar-refractivity contribution in [1.29, 1.82) is 0 Å². The van der Waals surface area contributed by atoms with E-state index >= 15 is 0 Å². The first-order valence-electron chi connectivity index (χ1n) is 16.0. The molecule has 0 aromatic heterocycles. The van der Waals surface area contributed by atoms with Gasteiger partial charge in [-0.1, -0.05) is 97.1 Å². The molecule has 0 fully saturated rings. The van der Waals surface area contributed by atoms with Gasteiger partial charge in [-0.25, -0.2) is 4.79 Å². The molecular formula is C43H26N2O4. The highest BCUT2D eigenvalue weighted by atomic mass is 16.4. The second-order valence-electron chi connectivity index (χ2n) is 12.4. The van der Waals surface area contributed by atoms with E-state index in [-0.39, 0.29) is 23.9 Å². The van der Waals surface area contributed by atoms with Crippen molar-refractivity contribution in [1.82, 2.24) is 4.90 Å². The van der Waals surface area contributed by atoms with Crippen LogP contribution in [0.2, 0.25) is 0 Å². The van der Waals surface area contributed by atoms with E-state index in [2.05, 4.69) is 41.4 Å². The van der Waals surface area contributed by atoms with Gasteiger partial charge in [0.05, 0.1) is 17.8 Å². The Kier molecular flexibility index (Phi) is 6.39. The molecule has 0 saturated carbocycles. The molecule has 0 spiro atoms. The third-order valence-electron chi connectivity index (χ3n) is 9.61. The predicted octanol–water partition coefficient (Wildman–Crippen LogP) is 9.65. The third-order valence-corrected chi connectivity index (χ3v) is 9.61. The molecular weight excluding hydrogens is 608 g/mol. The summed E-state index contributed by atoms with van der Waals surface area (Å²) in [4.78, 5) is 44.8. The van der Waals surface area contributed by atoms with Gasteiger partial charge in [0.25, 0.3) is 11.8 Å². The minimum Gasteiger partial charge on any atom is -0.478 e. The number of hydrogen-bond donors (Lipinski definition) is 1. The van der Waals surface area contributed by atoms with E-state index in [0.717, 1.165) is 54.6 Å². The van der Waals surface area contributed by atoms with Crippen LogP contribution in [0.15, 0.2) is 138 Å². The molecule has 0 atom stereocenters. The van der Waals surface area contributed by atoms with Crippen LogP contribution in [0.1, 0.15) is 42.2 Å². The van der Waals surface area contributed by atoms with Crippen molar-refractivity contribution in [2.75, 3.05) is 0 Å². The number of amides is 2. The molecule has 1 N–H and O–H groups in total. The van der Waals surface area contributed by atoms with Gasteiger partial charge in [0.15, 0.2) is 0 Å². The largest absolute Gasteiger partial charge is 0.478 e. The van der Waals surface area contributed by atoms with Crippen molar-refractivity contribution >= 4 is 72.8 Å². The highest BCUT2D eigenvalue weighted by Gasteiger charge is 2.34. The van der Waals surface area contributed by atoms with Crippen LogP contribution in [0.3, 0.4) is 0 Å². The Morgan fingerprint density at radius 2 is 1.14 bits per heavy atom. The fraction of sp³-hybridized carbons (Fsp3) is 0.0233. The number of aromatic carboxylic acids is 1. The summed E-state index contributed by atoms with van der Waals surface area (Å²) in [5, 5.41) is 17.5. The van der Waals surface area contributed by atoms with Gasteiger partial charge in [0.1, 0.15) is 0 Å². The average molecular weight is 635 g/mol. The summed E-state index contributed by atoms with van der Waals surface area (Å²) in [6.45, 7) is 0.174. The average Bonchev–Trinajstić information content (AvgIpc) is 3.14. The number of carbonyl (C=O) groups is 3. The first kappa shape index (κ1) is 28.6. The van der Waals surface area contributed by atoms with E-state index in [1.807, 2.05) is 72.8 Å². The topological polar surface area (TPSA) is 87.0 Å². The molecule has 0 unspecified atom stereocenters. The first-order chi connectivity index (χ1) is 23.9. The highest BCUT2D eigenvalue weighted by molar-refractivity contribution is 6.38. The molecule has 0 saturated heterocycles. The van der Waals surface area contributed by atoms with Crippen LogP contribution >= 0.6 is 0 Å². The van der Waals surface area contributed by atoms with E-state index in [0.29, 0.717) is 16.8 Å². The molecule has 232 valence electrons. The fourth-order valence-corrected chi connectivity index (χ4v) is 7.20. The lowest BCUT2D eigenvalue weighted by atomic mass is 9.85. The summed E-state index contributed by atoms with van der Waals surface area (Å²) in [6.07, 6.45) is 1.74. The molecule has 1 heterocycles. The van der Waals surface area contributed by atoms with Crippen LogP contribution in [0, 0.1) is 0 Å². The Labute approximate surface area is 280 Å². The Hall–Kier alpha value is -6.66. The lowest BCUT2D eigenvalue weighted by Gasteiger charge is -2.28. The summed E-state index contributed by atoms with van der Waals surface area (Å²) >= 11 is 0. The lowest BCUT2D eigenvalue weighted by molar-refractivity contribution is 0.0596. The van der Waals surface area contributed by atoms with Crippen molar-refractivity contribution in [3.05, 3.63) is 161 Å². The van der Waals surface area contributed by atoms with Gasteiger partial charge in [0, 0.05) is 22.7 Å². The minimum atomic E-state index is -0.968. The van der Waals surface area contributed by atoms with E-state index in [4.69, 9.17) is 5.11 Å². The van der Waals surface area contributed by atoms with Crippen LogP contribution < -0.4 is 0 Å². The van der Waals surface area contributed by atoms with Gasteiger partial charge in [0.2, 0.25) is 0 Å². The van der Waals surface area contributed by atoms with Crippen LogP contribution in [0.4, 0.5) is 5.69 Å². The maximum atomic E-state index is 14.0. The number of rotatable bonds is 6. The maximum absolute atomic E-state index is 14.0. The molecule has 2 amide bonds. The van der Waals surface area contributed by atoms with Crippen molar-refractivity contribution in [3.8, 4) is 11.1 Å². The highest BCUT2D eigenvalue weighted by Crippen LogP contribution is 2.43. The summed E-state index contributed by atoms with van der Waals surface area (Å²) in [5.74, 6) is -1.53. The van der Waals surface area contributed by atoms with Crippen LogP contribution in [-0.2, 0) is 6.54 Å². The number of carboxylic acid groups (broad SMARTS) is 1. The normalized spacial score (nSPS) is 13.1. The second-order valence-corrected chi connectivity index (χ2v) is 12.4. The summed E-state index contributed by atoms with van der Waals surface area (Å²) < 4.78 is 0. The number of hydrogen-bond acceptors (Lipinski definition) is 4. The summed E-state index contributed by atoms with van der Waals surface area (Å²) in [6, 6.07) is 42.7. The van der Waals surface area contributed by atoms with Gasteiger partial charge in [-0.2, -0.15) is 0 Å². The maximum Gasteiger partial charge on any atom is 0.335 e. The standard InChI is InChI=1S/C43H26N2O4/c46-41-36-21-19-34-32-5-1-3-29-4-2-6-33(38(29)32)35-20-22-37(40(36)39(34)35)42(47)45(41)24-26-9-13-28(14-10-26)27-11-7-25(8-12-27)23-44-31-17-15-30(16-18-31)43(48)49/h1-23H,24H2,(H,48,49).